The third-order valence-electron chi connectivity index (χ3n) is 3.57. The highest BCUT2D eigenvalue weighted by Crippen LogP contribution is 2.23. The van der Waals surface area contributed by atoms with Gasteiger partial charge in [-0.05, 0) is 47.9 Å². The zero-order chi connectivity index (χ0) is 18.1. The minimum Gasteiger partial charge on any atom is -0.385 e. The fraction of sp³-hybridized carbons (Fsp3) is 0.263. The van der Waals surface area contributed by atoms with Crippen LogP contribution in [0.4, 0.5) is 0 Å². The average molecular weight is 379 g/mol. The van der Waals surface area contributed by atoms with E-state index in [1.165, 1.54) is 0 Å². The quantitative estimate of drug-likeness (QED) is 0.502. The van der Waals surface area contributed by atoms with Crippen LogP contribution in [0.25, 0.3) is 6.08 Å². The van der Waals surface area contributed by atoms with Gasteiger partial charge in [-0.15, -0.1) is 0 Å². The van der Waals surface area contributed by atoms with Gasteiger partial charge >= 0.3 is 0 Å². The fourth-order valence-corrected chi connectivity index (χ4v) is 2.57. The highest BCUT2D eigenvalue weighted by molar-refractivity contribution is 6.42. The van der Waals surface area contributed by atoms with E-state index in [-0.39, 0.29) is 5.91 Å². The topological polar surface area (TPSA) is 42.4 Å². The van der Waals surface area contributed by atoms with E-state index in [2.05, 4.69) is 4.98 Å². The summed E-state index contributed by atoms with van der Waals surface area (Å²) in [5.74, 6) is -0.0704. The van der Waals surface area contributed by atoms with E-state index < -0.39 is 0 Å². The molecule has 1 amide bonds. The van der Waals surface area contributed by atoms with Gasteiger partial charge in [0.15, 0.2) is 0 Å². The Morgan fingerprint density at radius 3 is 2.64 bits per heavy atom. The molecule has 0 saturated heterocycles. The van der Waals surface area contributed by atoms with Crippen LogP contribution in [0.15, 0.2) is 48.8 Å². The lowest BCUT2D eigenvalue weighted by Crippen LogP contribution is -2.30. The maximum Gasteiger partial charge on any atom is 0.246 e. The molecule has 1 aromatic carbocycles. The molecule has 0 atom stereocenters. The van der Waals surface area contributed by atoms with Gasteiger partial charge in [-0.25, -0.2) is 0 Å². The summed E-state index contributed by atoms with van der Waals surface area (Å²) in [7, 11) is 1.65. The molecule has 0 spiro atoms. The van der Waals surface area contributed by atoms with Crippen molar-refractivity contribution in [3.05, 3.63) is 70.0 Å². The van der Waals surface area contributed by atoms with Crippen LogP contribution in [-0.4, -0.2) is 36.1 Å². The predicted molar refractivity (Wildman–Crippen MR) is 102 cm³/mol. The Hall–Kier alpha value is -1.88. The molecule has 6 heteroatoms. The molecule has 0 radical (unpaired) electrons. The molecular weight excluding hydrogens is 359 g/mol. The Morgan fingerprint density at radius 1 is 1.20 bits per heavy atom. The van der Waals surface area contributed by atoms with E-state index in [4.69, 9.17) is 27.9 Å². The lowest BCUT2D eigenvalue weighted by molar-refractivity contribution is -0.126. The third kappa shape index (κ3) is 6.50. The van der Waals surface area contributed by atoms with Gasteiger partial charge in [0.1, 0.15) is 0 Å². The van der Waals surface area contributed by atoms with Crippen LogP contribution < -0.4 is 0 Å². The highest BCUT2D eigenvalue weighted by atomic mass is 35.5. The van der Waals surface area contributed by atoms with E-state index in [9.17, 15) is 4.79 Å². The summed E-state index contributed by atoms with van der Waals surface area (Å²) in [6.07, 6.45) is 7.50. The van der Waals surface area contributed by atoms with E-state index in [1.54, 1.807) is 48.7 Å². The number of carbonyl (C=O) groups is 1. The first-order chi connectivity index (χ1) is 12.1. The molecule has 0 aliphatic rings. The number of ether oxygens (including phenoxy) is 1. The first kappa shape index (κ1) is 19.4. The van der Waals surface area contributed by atoms with Gasteiger partial charge in [0, 0.05) is 45.3 Å². The largest absolute Gasteiger partial charge is 0.385 e. The highest BCUT2D eigenvalue weighted by Gasteiger charge is 2.11. The fourth-order valence-electron chi connectivity index (χ4n) is 2.26. The number of nitrogens with zero attached hydrogens (tertiary/aromatic N) is 2. The Kier molecular flexibility index (Phi) is 7.92. The van der Waals surface area contributed by atoms with Crippen molar-refractivity contribution in [1.82, 2.24) is 9.88 Å². The van der Waals surface area contributed by atoms with E-state index in [0.29, 0.717) is 29.7 Å². The van der Waals surface area contributed by atoms with Crippen LogP contribution in [0.5, 0.6) is 0 Å². The molecule has 0 aliphatic carbocycles. The average Bonchev–Trinajstić information content (AvgIpc) is 2.62. The van der Waals surface area contributed by atoms with Crippen LogP contribution in [-0.2, 0) is 16.1 Å². The molecule has 0 aliphatic heterocycles. The van der Waals surface area contributed by atoms with Gasteiger partial charge in [0.2, 0.25) is 5.91 Å². The van der Waals surface area contributed by atoms with E-state index >= 15 is 0 Å². The lowest BCUT2D eigenvalue weighted by Gasteiger charge is -2.21. The van der Waals surface area contributed by atoms with Crippen molar-refractivity contribution < 1.29 is 9.53 Å². The van der Waals surface area contributed by atoms with Crippen LogP contribution in [0, 0.1) is 0 Å². The summed E-state index contributed by atoms with van der Waals surface area (Å²) >= 11 is 11.9. The minimum absolute atomic E-state index is 0.0704. The van der Waals surface area contributed by atoms with Crippen molar-refractivity contribution in [2.24, 2.45) is 0 Å². The maximum absolute atomic E-state index is 12.6. The van der Waals surface area contributed by atoms with Gasteiger partial charge in [-0.3, -0.25) is 9.78 Å². The lowest BCUT2D eigenvalue weighted by atomic mass is 10.2. The Bertz CT molecular complexity index is 721. The van der Waals surface area contributed by atoms with Crippen molar-refractivity contribution in [1.29, 1.82) is 0 Å². The summed E-state index contributed by atoms with van der Waals surface area (Å²) in [5.41, 5.74) is 1.85. The minimum atomic E-state index is -0.0704. The zero-order valence-corrected chi connectivity index (χ0v) is 15.5. The summed E-state index contributed by atoms with van der Waals surface area (Å²) < 4.78 is 5.08. The molecule has 25 heavy (non-hydrogen) atoms. The number of rotatable bonds is 8. The first-order valence-corrected chi connectivity index (χ1v) is 8.65. The molecule has 132 valence electrons. The van der Waals surface area contributed by atoms with Gasteiger partial charge in [0.05, 0.1) is 10.0 Å². The van der Waals surface area contributed by atoms with Crippen LogP contribution in [0.3, 0.4) is 0 Å². The summed E-state index contributed by atoms with van der Waals surface area (Å²) in [4.78, 5) is 18.4. The molecule has 1 heterocycles. The first-order valence-electron chi connectivity index (χ1n) is 7.90. The summed E-state index contributed by atoms with van der Waals surface area (Å²) in [6, 6.07) is 9.06. The van der Waals surface area contributed by atoms with E-state index in [0.717, 1.165) is 17.5 Å². The van der Waals surface area contributed by atoms with Crippen molar-refractivity contribution in [3.63, 3.8) is 0 Å². The van der Waals surface area contributed by atoms with Crippen molar-refractivity contribution in [2.45, 2.75) is 13.0 Å². The summed E-state index contributed by atoms with van der Waals surface area (Å²) in [6.45, 7) is 1.74. The molecule has 2 rings (SSSR count). The SMILES string of the molecule is COCCCN(Cc1ccncc1)C(=O)C=Cc1ccc(Cl)c(Cl)c1. The van der Waals surface area contributed by atoms with E-state index in [1.807, 2.05) is 18.2 Å². The van der Waals surface area contributed by atoms with Crippen molar-refractivity contribution in [3.8, 4) is 0 Å². The zero-order valence-electron chi connectivity index (χ0n) is 14.0. The number of hydrogen-bond donors (Lipinski definition) is 0. The van der Waals surface area contributed by atoms with Crippen molar-refractivity contribution in [2.75, 3.05) is 20.3 Å². The van der Waals surface area contributed by atoms with Crippen molar-refractivity contribution >= 4 is 35.2 Å². The molecule has 2 aromatic rings. The second-order valence-electron chi connectivity index (χ2n) is 5.47. The Labute approximate surface area is 158 Å². The molecule has 4 nitrogen and oxygen atoms in total. The smallest absolute Gasteiger partial charge is 0.246 e. The number of hydrogen-bond acceptors (Lipinski definition) is 3. The maximum atomic E-state index is 12.6. The third-order valence-corrected chi connectivity index (χ3v) is 4.31. The molecule has 1 aromatic heterocycles. The molecule has 0 unspecified atom stereocenters. The number of aromatic nitrogens is 1. The molecule has 0 bridgehead atoms. The molecular formula is C19H20Cl2N2O2. The Morgan fingerprint density at radius 2 is 1.96 bits per heavy atom. The standard InChI is InChI=1S/C19H20Cl2N2O2/c1-25-12-2-11-23(14-16-7-9-22-10-8-16)19(24)6-4-15-3-5-17(20)18(21)13-15/h3-10,13H,2,11-12,14H2,1H3. The molecule has 0 saturated carbocycles. The van der Waals surface area contributed by atoms with Gasteiger partial charge < -0.3 is 9.64 Å². The number of carbonyl (C=O) groups excluding carboxylic acids is 1. The Balaban J connectivity index is 2.07. The van der Waals surface area contributed by atoms with Gasteiger partial charge in [0.25, 0.3) is 0 Å². The second kappa shape index (κ2) is 10.2. The molecule has 0 N–H and O–H groups in total. The summed E-state index contributed by atoms with van der Waals surface area (Å²) in [5, 5.41) is 0.953. The molecule has 0 fully saturated rings. The van der Waals surface area contributed by atoms with Crippen LogP contribution in [0.2, 0.25) is 10.0 Å². The number of benzene rings is 1. The number of halogens is 2. The van der Waals surface area contributed by atoms with Gasteiger partial charge in [-0.1, -0.05) is 29.3 Å². The predicted octanol–water partition coefficient (Wildman–Crippen LogP) is 4.47. The van der Waals surface area contributed by atoms with Crippen LogP contribution >= 0.6 is 23.2 Å². The van der Waals surface area contributed by atoms with Crippen LogP contribution in [0.1, 0.15) is 17.5 Å². The number of methoxy groups -OCH3 is 1. The second-order valence-corrected chi connectivity index (χ2v) is 6.28. The van der Waals surface area contributed by atoms with Gasteiger partial charge in [-0.2, -0.15) is 0 Å². The number of amides is 1. The normalized spacial score (nSPS) is 11.0. The monoisotopic (exact) mass is 378 g/mol. The number of pyridine rings is 1.